The normalized spacial score (nSPS) is 12.7. The Labute approximate surface area is 424 Å². The van der Waals surface area contributed by atoms with Crippen molar-refractivity contribution in [3.05, 3.63) is 266 Å². The van der Waals surface area contributed by atoms with Gasteiger partial charge in [-0.2, -0.15) is 0 Å². The van der Waals surface area contributed by atoms with E-state index in [1.165, 1.54) is 114 Å². The van der Waals surface area contributed by atoms with Gasteiger partial charge in [0.05, 0.1) is 16.7 Å². The molecular weight excluding hydrogens is 889 g/mol. The summed E-state index contributed by atoms with van der Waals surface area (Å²) >= 11 is 1.86. The molecule has 1 aliphatic rings. The fourth-order valence-corrected chi connectivity index (χ4v) is 12.8. The molecule has 13 aromatic rings. The summed E-state index contributed by atoms with van der Waals surface area (Å²) in [6.07, 6.45) is 0. The third kappa shape index (κ3) is 6.77. The van der Waals surface area contributed by atoms with Crippen LogP contribution in [0.15, 0.2) is 255 Å². The van der Waals surface area contributed by atoms with Crippen molar-refractivity contribution in [2.45, 2.75) is 19.3 Å². The number of anilines is 3. The zero-order chi connectivity index (χ0) is 47.9. The van der Waals surface area contributed by atoms with Crippen LogP contribution in [0, 0.1) is 0 Å². The molecule has 0 radical (unpaired) electrons. The lowest BCUT2D eigenvalue weighted by Gasteiger charge is -2.29. The summed E-state index contributed by atoms with van der Waals surface area (Å²) in [6.45, 7) is 4.78. The number of fused-ring (bicyclic) bond motifs is 9. The van der Waals surface area contributed by atoms with Crippen LogP contribution in [0.25, 0.3) is 103 Å². The second-order valence-corrected chi connectivity index (χ2v) is 20.7. The molecular formula is C69H48N2S. The second kappa shape index (κ2) is 16.7. The standard InChI is InChI=1S/C69H48N2S/c1-69(2)61-39-34-49(43-59(61)56-38-33-50(44-62(56)69)55-26-16-29-65-68(55)58-25-10-13-28-64(58)71(65)51-20-7-4-8-21-51)54-23-9-12-27-63(54)70(53-22-15-19-47(41-53)45-17-5-3-6-18-45)52-36-31-46(32-37-52)48-35-40-67-60(42-48)57-24-11-14-30-66(57)72-67/h3-44H,1-2H3. The zero-order valence-electron chi connectivity index (χ0n) is 40.1. The number of hydrogen-bond acceptors (Lipinski definition) is 2. The molecule has 340 valence electrons. The molecule has 72 heavy (non-hydrogen) atoms. The third-order valence-electron chi connectivity index (χ3n) is 15.2. The molecule has 3 heteroatoms. The summed E-state index contributed by atoms with van der Waals surface area (Å²) in [5.74, 6) is 0. The van der Waals surface area contributed by atoms with Gasteiger partial charge in [0.15, 0.2) is 0 Å². The van der Waals surface area contributed by atoms with Gasteiger partial charge in [0.1, 0.15) is 0 Å². The Morgan fingerprint density at radius 3 is 1.82 bits per heavy atom. The highest BCUT2D eigenvalue weighted by atomic mass is 32.1. The molecule has 0 bridgehead atoms. The predicted molar refractivity (Wildman–Crippen MR) is 308 cm³/mol. The summed E-state index contributed by atoms with van der Waals surface area (Å²) in [6, 6.07) is 94.1. The molecule has 0 amide bonds. The van der Waals surface area contributed by atoms with Gasteiger partial charge in [-0.1, -0.05) is 184 Å². The third-order valence-corrected chi connectivity index (χ3v) is 16.4. The largest absolute Gasteiger partial charge is 0.310 e. The minimum atomic E-state index is -0.197. The van der Waals surface area contributed by atoms with E-state index >= 15 is 0 Å². The van der Waals surface area contributed by atoms with Gasteiger partial charge in [-0.15, -0.1) is 11.3 Å². The van der Waals surface area contributed by atoms with Crippen molar-refractivity contribution in [1.82, 2.24) is 4.57 Å². The fourth-order valence-electron chi connectivity index (χ4n) is 11.7. The number of aromatic nitrogens is 1. The average molecular weight is 937 g/mol. The molecule has 2 nitrogen and oxygen atoms in total. The van der Waals surface area contributed by atoms with Gasteiger partial charge < -0.3 is 9.47 Å². The molecule has 2 aromatic heterocycles. The van der Waals surface area contributed by atoms with Crippen molar-refractivity contribution in [2.75, 3.05) is 4.90 Å². The van der Waals surface area contributed by atoms with Crippen LogP contribution < -0.4 is 4.90 Å². The maximum absolute atomic E-state index is 2.47. The minimum Gasteiger partial charge on any atom is -0.310 e. The molecule has 2 heterocycles. The summed E-state index contributed by atoms with van der Waals surface area (Å²) in [5, 5.41) is 5.18. The topological polar surface area (TPSA) is 8.17 Å². The Bertz CT molecular complexity index is 4230. The molecule has 14 rings (SSSR count). The van der Waals surface area contributed by atoms with E-state index in [9.17, 15) is 0 Å². The van der Waals surface area contributed by atoms with Crippen LogP contribution in [0.5, 0.6) is 0 Å². The first kappa shape index (κ1) is 42.1. The Hall–Kier alpha value is -8.76. The van der Waals surface area contributed by atoms with E-state index in [2.05, 4.69) is 278 Å². The highest BCUT2D eigenvalue weighted by molar-refractivity contribution is 7.25. The number of nitrogens with zero attached hydrogens (tertiary/aromatic N) is 2. The number of para-hydroxylation sites is 3. The summed E-state index contributed by atoms with van der Waals surface area (Å²) in [5.41, 5.74) is 21.7. The Morgan fingerprint density at radius 1 is 0.347 bits per heavy atom. The van der Waals surface area contributed by atoms with E-state index in [0.29, 0.717) is 0 Å². The Kier molecular flexibility index (Phi) is 9.77. The lowest BCUT2D eigenvalue weighted by Crippen LogP contribution is -2.15. The molecule has 1 aliphatic carbocycles. The highest BCUT2D eigenvalue weighted by Crippen LogP contribution is 2.52. The quantitative estimate of drug-likeness (QED) is 0.147. The van der Waals surface area contributed by atoms with Crippen molar-refractivity contribution in [3.63, 3.8) is 0 Å². The van der Waals surface area contributed by atoms with E-state index in [0.717, 1.165) is 17.1 Å². The summed E-state index contributed by atoms with van der Waals surface area (Å²) in [7, 11) is 0. The van der Waals surface area contributed by atoms with Gasteiger partial charge in [-0.3, -0.25) is 0 Å². The lowest BCUT2D eigenvalue weighted by atomic mass is 9.81. The van der Waals surface area contributed by atoms with Crippen molar-refractivity contribution in [2.24, 2.45) is 0 Å². The van der Waals surface area contributed by atoms with Crippen LogP contribution in [-0.4, -0.2) is 4.57 Å². The van der Waals surface area contributed by atoms with E-state index < -0.39 is 0 Å². The molecule has 0 unspecified atom stereocenters. The SMILES string of the molecule is CC1(C)c2ccc(-c3ccccc3N(c3ccc(-c4ccc5sc6ccccc6c5c4)cc3)c3cccc(-c4ccccc4)c3)cc2-c2ccc(-c3cccc4c3c3ccccc3n4-c3ccccc3)cc21. The highest BCUT2D eigenvalue weighted by Gasteiger charge is 2.36. The van der Waals surface area contributed by atoms with Crippen LogP contribution >= 0.6 is 11.3 Å². The van der Waals surface area contributed by atoms with Crippen LogP contribution in [-0.2, 0) is 5.41 Å². The van der Waals surface area contributed by atoms with Gasteiger partial charge in [-0.05, 0) is 146 Å². The lowest BCUT2D eigenvalue weighted by molar-refractivity contribution is 0.660. The molecule has 0 aliphatic heterocycles. The molecule has 0 N–H and O–H groups in total. The van der Waals surface area contributed by atoms with E-state index in [1.807, 2.05) is 11.3 Å². The van der Waals surface area contributed by atoms with E-state index in [-0.39, 0.29) is 5.41 Å². The molecule has 0 spiro atoms. The van der Waals surface area contributed by atoms with E-state index in [4.69, 9.17) is 0 Å². The maximum Gasteiger partial charge on any atom is 0.0547 e. The first-order chi connectivity index (χ1) is 35.5. The summed E-state index contributed by atoms with van der Waals surface area (Å²) < 4.78 is 5.05. The van der Waals surface area contributed by atoms with Crippen LogP contribution in [0.1, 0.15) is 25.0 Å². The van der Waals surface area contributed by atoms with Gasteiger partial charge in [-0.25, -0.2) is 0 Å². The molecule has 0 atom stereocenters. The monoisotopic (exact) mass is 936 g/mol. The van der Waals surface area contributed by atoms with Gasteiger partial charge >= 0.3 is 0 Å². The number of benzene rings is 11. The molecule has 0 saturated carbocycles. The van der Waals surface area contributed by atoms with Gasteiger partial charge in [0.2, 0.25) is 0 Å². The molecule has 0 saturated heterocycles. The van der Waals surface area contributed by atoms with Crippen molar-refractivity contribution in [1.29, 1.82) is 0 Å². The zero-order valence-corrected chi connectivity index (χ0v) is 40.9. The first-order valence-electron chi connectivity index (χ1n) is 24.9. The smallest absolute Gasteiger partial charge is 0.0547 e. The first-order valence-corrected chi connectivity index (χ1v) is 25.7. The molecule has 11 aromatic carbocycles. The Morgan fingerprint density at radius 2 is 0.958 bits per heavy atom. The second-order valence-electron chi connectivity index (χ2n) is 19.7. The summed E-state index contributed by atoms with van der Waals surface area (Å²) in [4.78, 5) is 2.44. The van der Waals surface area contributed by atoms with Gasteiger partial charge in [0, 0.05) is 59.0 Å². The molecule has 0 fully saturated rings. The fraction of sp³-hybridized carbons (Fsp3) is 0.0435. The van der Waals surface area contributed by atoms with Crippen molar-refractivity contribution in [3.8, 4) is 61.3 Å². The van der Waals surface area contributed by atoms with Crippen LogP contribution in [0.4, 0.5) is 17.1 Å². The number of thiophene rings is 1. The maximum atomic E-state index is 2.47. The van der Waals surface area contributed by atoms with Crippen molar-refractivity contribution < 1.29 is 0 Å². The van der Waals surface area contributed by atoms with Crippen LogP contribution in [0.2, 0.25) is 0 Å². The average Bonchev–Trinajstić information content (AvgIpc) is 4.06. The Balaban J connectivity index is 0.877. The van der Waals surface area contributed by atoms with E-state index in [1.54, 1.807) is 0 Å². The van der Waals surface area contributed by atoms with Crippen molar-refractivity contribution >= 4 is 70.4 Å². The number of hydrogen-bond donors (Lipinski definition) is 0. The minimum absolute atomic E-state index is 0.197. The van der Waals surface area contributed by atoms with Crippen LogP contribution in [0.3, 0.4) is 0 Å². The number of rotatable bonds is 8. The predicted octanol–water partition coefficient (Wildman–Crippen LogP) is 19.6. The van der Waals surface area contributed by atoms with Gasteiger partial charge in [0.25, 0.3) is 0 Å².